The van der Waals surface area contributed by atoms with Gasteiger partial charge in [0.05, 0.1) is 4.90 Å². The smallest absolute Gasteiger partial charge is 0.262 e. The van der Waals surface area contributed by atoms with E-state index in [1.165, 1.54) is 5.56 Å². The number of sulfonamides is 1. The third-order valence-electron chi connectivity index (χ3n) is 2.97. The third-order valence-corrected chi connectivity index (χ3v) is 4.91. The second-order valence-electron chi connectivity index (χ2n) is 4.51. The molecule has 0 saturated heterocycles. The van der Waals surface area contributed by atoms with Crippen LogP contribution in [0.4, 0.5) is 5.69 Å². The van der Waals surface area contributed by atoms with E-state index in [0.29, 0.717) is 10.6 Å². The van der Waals surface area contributed by atoms with E-state index in [4.69, 9.17) is 0 Å². The van der Waals surface area contributed by atoms with Crippen LogP contribution in [0.2, 0.25) is 0 Å². The molecule has 3 nitrogen and oxygen atoms in total. The Labute approximate surface area is 128 Å². The highest BCUT2D eigenvalue weighted by atomic mass is 79.9. The molecule has 0 spiro atoms. The van der Waals surface area contributed by atoms with Crippen LogP contribution in [0.25, 0.3) is 0 Å². The Morgan fingerprint density at radius 3 is 2.30 bits per heavy atom. The van der Waals surface area contributed by atoms with E-state index in [1.54, 1.807) is 37.3 Å². The number of hydrogen-bond acceptors (Lipinski definition) is 2. The van der Waals surface area contributed by atoms with Gasteiger partial charge in [0.2, 0.25) is 0 Å². The van der Waals surface area contributed by atoms with Gasteiger partial charge in [0.25, 0.3) is 10.0 Å². The van der Waals surface area contributed by atoms with Crippen molar-refractivity contribution in [3.63, 3.8) is 0 Å². The molecule has 0 atom stereocenters. The molecule has 2 rings (SSSR count). The van der Waals surface area contributed by atoms with Gasteiger partial charge in [-0.05, 0) is 42.7 Å². The van der Waals surface area contributed by atoms with E-state index in [2.05, 4.69) is 20.7 Å². The summed E-state index contributed by atoms with van der Waals surface area (Å²) < 4.78 is 27.2. The van der Waals surface area contributed by atoms with Gasteiger partial charge in [0.15, 0.2) is 0 Å². The normalized spacial score (nSPS) is 11.3. The maximum absolute atomic E-state index is 12.3. The molecule has 0 radical (unpaired) electrons. The molecule has 106 valence electrons. The highest BCUT2D eigenvalue weighted by molar-refractivity contribution is 9.09. The molecule has 0 unspecified atom stereocenters. The summed E-state index contributed by atoms with van der Waals surface area (Å²) in [6.07, 6.45) is 0.921. The second kappa shape index (κ2) is 6.41. The summed E-state index contributed by atoms with van der Waals surface area (Å²) in [6, 6.07) is 14.4. The van der Waals surface area contributed by atoms with Gasteiger partial charge in [-0.25, -0.2) is 8.42 Å². The lowest BCUT2D eigenvalue weighted by Gasteiger charge is -2.10. The first-order chi connectivity index (χ1) is 9.53. The van der Waals surface area contributed by atoms with E-state index < -0.39 is 10.0 Å². The number of rotatable bonds is 5. The SMILES string of the molecule is Cc1ccccc1S(=O)(=O)Nc1ccc(CCBr)cc1. The minimum Gasteiger partial charge on any atom is -0.280 e. The van der Waals surface area contributed by atoms with Crippen LogP contribution in [0.15, 0.2) is 53.4 Å². The Balaban J connectivity index is 2.22. The first kappa shape index (κ1) is 15.1. The van der Waals surface area contributed by atoms with Gasteiger partial charge in [0, 0.05) is 11.0 Å². The highest BCUT2D eigenvalue weighted by Crippen LogP contribution is 2.19. The van der Waals surface area contributed by atoms with Crippen LogP contribution in [-0.2, 0) is 16.4 Å². The number of alkyl halides is 1. The monoisotopic (exact) mass is 353 g/mol. The maximum Gasteiger partial charge on any atom is 0.262 e. The van der Waals surface area contributed by atoms with E-state index in [0.717, 1.165) is 17.3 Å². The predicted molar refractivity (Wildman–Crippen MR) is 85.9 cm³/mol. The van der Waals surface area contributed by atoms with Crippen molar-refractivity contribution < 1.29 is 8.42 Å². The van der Waals surface area contributed by atoms with Gasteiger partial charge >= 0.3 is 0 Å². The summed E-state index contributed by atoms with van der Waals surface area (Å²) in [5.74, 6) is 0. The summed E-state index contributed by atoms with van der Waals surface area (Å²) in [7, 11) is -3.53. The van der Waals surface area contributed by atoms with Gasteiger partial charge in [-0.1, -0.05) is 46.3 Å². The fourth-order valence-corrected chi connectivity index (χ4v) is 3.68. The molecule has 2 aromatic rings. The quantitative estimate of drug-likeness (QED) is 0.832. The van der Waals surface area contributed by atoms with Crippen LogP contribution in [0.1, 0.15) is 11.1 Å². The average Bonchev–Trinajstić information content (AvgIpc) is 2.41. The van der Waals surface area contributed by atoms with Crippen LogP contribution < -0.4 is 4.72 Å². The Kier molecular flexibility index (Phi) is 4.83. The summed E-state index contributed by atoms with van der Waals surface area (Å²) >= 11 is 3.38. The topological polar surface area (TPSA) is 46.2 Å². The molecule has 0 fully saturated rings. The minimum atomic E-state index is -3.53. The van der Waals surface area contributed by atoms with E-state index in [-0.39, 0.29) is 0 Å². The van der Waals surface area contributed by atoms with Crippen molar-refractivity contribution in [2.24, 2.45) is 0 Å². The zero-order chi connectivity index (χ0) is 14.6. The van der Waals surface area contributed by atoms with E-state index in [1.807, 2.05) is 18.2 Å². The van der Waals surface area contributed by atoms with Gasteiger partial charge < -0.3 is 0 Å². The van der Waals surface area contributed by atoms with Crippen molar-refractivity contribution >= 4 is 31.6 Å². The number of anilines is 1. The molecule has 0 saturated carbocycles. The van der Waals surface area contributed by atoms with Crippen LogP contribution in [-0.4, -0.2) is 13.7 Å². The van der Waals surface area contributed by atoms with Crippen molar-refractivity contribution in [3.05, 3.63) is 59.7 Å². The molecular weight excluding hydrogens is 338 g/mol. The predicted octanol–water partition coefficient (Wildman–Crippen LogP) is 3.73. The largest absolute Gasteiger partial charge is 0.280 e. The molecule has 5 heteroatoms. The lowest BCUT2D eigenvalue weighted by Crippen LogP contribution is -2.14. The molecule has 0 aliphatic carbocycles. The average molecular weight is 354 g/mol. The van der Waals surface area contributed by atoms with Crippen molar-refractivity contribution in [2.75, 3.05) is 10.1 Å². The molecule has 0 aliphatic rings. The number of benzene rings is 2. The fraction of sp³-hybridized carbons (Fsp3) is 0.200. The van der Waals surface area contributed by atoms with E-state index >= 15 is 0 Å². The zero-order valence-electron chi connectivity index (χ0n) is 11.1. The van der Waals surface area contributed by atoms with Crippen molar-refractivity contribution in [3.8, 4) is 0 Å². The number of halogens is 1. The standard InChI is InChI=1S/C15H16BrNO2S/c1-12-4-2-3-5-15(12)20(18,19)17-14-8-6-13(7-9-14)10-11-16/h2-9,17H,10-11H2,1H3. The van der Waals surface area contributed by atoms with E-state index in [9.17, 15) is 8.42 Å². The summed E-state index contributed by atoms with van der Waals surface area (Å²) in [5.41, 5.74) is 2.48. The molecule has 20 heavy (non-hydrogen) atoms. The first-order valence-corrected chi connectivity index (χ1v) is 8.87. The molecule has 0 aliphatic heterocycles. The summed E-state index contributed by atoms with van der Waals surface area (Å²) in [4.78, 5) is 0.310. The third kappa shape index (κ3) is 3.61. The zero-order valence-corrected chi connectivity index (χ0v) is 13.5. The number of hydrogen-bond donors (Lipinski definition) is 1. The lowest BCUT2D eigenvalue weighted by molar-refractivity contribution is 0.600. The van der Waals surface area contributed by atoms with Crippen molar-refractivity contribution in [1.82, 2.24) is 0 Å². The van der Waals surface area contributed by atoms with Crippen molar-refractivity contribution in [2.45, 2.75) is 18.2 Å². The Morgan fingerprint density at radius 1 is 1.05 bits per heavy atom. The minimum absolute atomic E-state index is 0.310. The Bertz CT molecular complexity index is 681. The molecule has 0 heterocycles. The van der Waals surface area contributed by atoms with Gasteiger partial charge in [-0.2, -0.15) is 0 Å². The molecule has 0 bridgehead atoms. The van der Waals surface area contributed by atoms with Crippen molar-refractivity contribution in [1.29, 1.82) is 0 Å². The maximum atomic E-state index is 12.3. The highest BCUT2D eigenvalue weighted by Gasteiger charge is 2.15. The molecule has 0 aromatic heterocycles. The first-order valence-electron chi connectivity index (χ1n) is 6.26. The molecule has 2 aromatic carbocycles. The number of aryl methyl sites for hydroxylation is 2. The number of nitrogens with one attached hydrogen (secondary N) is 1. The Morgan fingerprint density at radius 2 is 1.70 bits per heavy atom. The van der Waals surface area contributed by atoms with Crippen LogP contribution in [0.5, 0.6) is 0 Å². The summed E-state index contributed by atoms with van der Waals surface area (Å²) in [5, 5.41) is 0.890. The lowest BCUT2D eigenvalue weighted by atomic mass is 10.2. The second-order valence-corrected chi connectivity index (χ2v) is 6.95. The van der Waals surface area contributed by atoms with Crippen LogP contribution >= 0.6 is 15.9 Å². The van der Waals surface area contributed by atoms with Crippen LogP contribution in [0, 0.1) is 6.92 Å². The molecule has 0 amide bonds. The molecule has 1 N–H and O–H groups in total. The van der Waals surface area contributed by atoms with Gasteiger partial charge in [-0.15, -0.1) is 0 Å². The molecular formula is C15H16BrNO2S. The van der Waals surface area contributed by atoms with Gasteiger partial charge in [-0.3, -0.25) is 4.72 Å². The van der Waals surface area contributed by atoms with Gasteiger partial charge in [0.1, 0.15) is 0 Å². The Hall–Kier alpha value is -1.33. The summed E-state index contributed by atoms with van der Waals surface area (Å²) in [6.45, 7) is 1.79. The fourth-order valence-electron chi connectivity index (χ4n) is 1.92. The van der Waals surface area contributed by atoms with Crippen LogP contribution in [0.3, 0.4) is 0 Å².